The Kier molecular flexibility index (Phi) is 3.66. The summed E-state index contributed by atoms with van der Waals surface area (Å²) < 4.78 is 0. The van der Waals surface area contributed by atoms with Crippen LogP contribution < -0.4 is 0 Å². The molecule has 0 saturated heterocycles. The summed E-state index contributed by atoms with van der Waals surface area (Å²) in [5.41, 5.74) is 3.14. The molecule has 0 saturated carbocycles. The van der Waals surface area contributed by atoms with E-state index in [4.69, 9.17) is 11.6 Å². The van der Waals surface area contributed by atoms with Gasteiger partial charge in [-0.25, -0.2) is 0 Å². The Balaban J connectivity index is 2.09. The lowest BCUT2D eigenvalue weighted by Crippen LogP contribution is -2.32. The van der Waals surface area contributed by atoms with Crippen molar-refractivity contribution in [3.05, 3.63) is 75.3 Å². The lowest BCUT2D eigenvalue weighted by molar-refractivity contribution is -0.384. The third-order valence-electron chi connectivity index (χ3n) is 3.97. The summed E-state index contributed by atoms with van der Waals surface area (Å²) in [6.45, 7) is 0.742. The van der Waals surface area contributed by atoms with E-state index in [1.165, 1.54) is 6.07 Å². The van der Waals surface area contributed by atoms with Crippen LogP contribution in [0.1, 0.15) is 28.1 Å². The first-order chi connectivity index (χ1) is 10.1. The molecule has 0 amide bonds. The third-order valence-corrected chi connectivity index (χ3v) is 4.54. The zero-order valence-electron chi connectivity index (χ0n) is 11.6. The van der Waals surface area contributed by atoms with Crippen molar-refractivity contribution in [1.29, 1.82) is 0 Å². The topological polar surface area (TPSA) is 46.4 Å². The Morgan fingerprint density at radius 3 is 2.62 bits per heavy atom. The summed E-state index contributed by atoms with van der Waals surface area (Å²) in [5, 5.41) is 11.0. The van der Waals surface area contributed by atoms with E-state index in [-0.39, 0.29) is 22.0 Å². The molecule has 4 nitrogen and oxygen atoms in total. The minimum Gasteiger partial charge on any atom is -0.286 e. The molecule has 3 rings (SSSR count). The maximum atomic E-state index is 11.0. The van der Waals surface area contributed by atoms with Gasteiger partial charge in [-0.3, -0.25) is 15.0 Å². The van der Waals surface area contributed by atoms with Gasteiger partial charge in [0, 0.05) is 24.6 Å². The lowest BCUT2D eigenvalue weighted by atomic mass is 9.84. The number of likely N-dealkylation sites (N-methyl/N-ethyl adjacent to an activating group) is 1. The molecule has 0 aromatic heterocycles. The number of fused-ring (bicyclic) bond motifs is 1. The maximum Gasteiger partial charge on any atom is 0.269 e. The van der Waals surface area contributed by atoms with Crippen molar-refractivity contribution in [1.82, 2.24) is 4.90 Å². The molecule has 2 unspecified atom stereocenters. The zero-order chi connectivity index (χ0) is 15.0. The first kappa shape index (κ1) is 14.0. The Hall–Kier alpha value is -1.91. The lowest BCUT2D eigenvalue weighted by Gasteiger charge is -2.36. The molecule has 108 valence electrons. The molecule has 0 N–H and O–H groups in total. The van der Waals surface area contributed by atoms with Gasteiger partial charge in [-0.05, 0) is 23.7 Å². The van der Waals surface area contributed by atoms with Crippen LogP contribution in [0.2, 0.25) is 0 Å². The number of hydrogen-bond donors (Lipinski definition) is 0. The fourth-order valence-corrected chi connectivity index (χ4v) is 3.18. The predicted octanol–water partition coefficient (Wildman–Crippen LogP) is 3.91. The van der Waals surface area contributed by atoms with Crippen LogP contribution in [0.25, 0.3) is 0 Å². The van der Waals surface area contributed by atoms with Gasteiger partial charge >= 0.3 is 0 Å². The van der Waals surface area contributed by atoms with Crippen LogP contribution in [0.4, 0.5) is 5.69 Å². The number of alkyl halides is 1. The van der Waals surface area contributed by atoms with Gasteiger partial charge in [-0.1, -0.05) is 36.4 Å². The number of benzene rings is 2. The highest BCUT2D eigenvalue weighted by atomic mass is 35.5. The number of non-ortho nitro benzene ring substituents is 1. The molecule has 1 aliphatic rings. The van der Waals surface area contributed by atoms with Gasteiger partial charge < -0.3 is 0 Å². The second-order valence-corrected chi connectivity index (χ2v) is 5.72. The molecule has 21 heavy (non-hydrogen) atoms. The Morgan fingerprint density at radius 1 is 1.19 bits per heavy atom. The third kappa shape index (κ3) is 2.52. The van der Waals surface area contributed by atoms with Crippen LogP contribution in [0.5, 0.6) is 0 Å². The quantitative estimate of drug-likeness (QED) is 0.366. The maximum absolute atomic E-state index is 11.0. The van der Waals surface area contributed by atoms with Crippen LogP contribution in [0.3, 0.4) is 0 Å². The molecule has 0 fully saturated rings. The molecular weight excluding hydrogens is 288 g/mol. The molecular formula is C16H15ClN2O2. The van der Waals surface area contributed by atoms with Gasteiger partial charge in [-0.15, -0.1) is 11.6 Å². The summed E-state index contributed by atoms with van der Waals surface area (Å²) in [5.74, 6) is 0.0982. The first-order valence-electron chi connectivity index (χ1n) is 6.75. The summed E-state index contributed by atoms with van der Waals surface area (Å²) in [6.07, 6.45) is 0. The van der Waals surface area contributed by atoms with Crippen molar-refractivity contribution >= 4 is 17.3 Å². The average molecular weight is 303 g/mol. The predicted molar refractivity (Wildman–Crippen MR) is 82.6 cm³/mol. The molecule has 0 radical (unpaired) electrons. The van der Waals surface area contributed by atoms with E-state index in [0.29, 0.717) is 0 Å². The van der Waals surface area contributed by atoms with Gasteiger partial charge in [0.2, 0.25) is 0 Å². The molecule has 5 heteroatoms. The average Bonchev–Trinajstić information content (AvgIpc) is 2.51. The van der Waals surface area contributed by atoms with Crippen LogP contribution in [0, 0.1) is 10.1 Å². The molecule has 2 aromatic carbocycles. The van der Waals surface area contributed by atoms with E-state index in [9.17, 15) is 10.1 Å². The molecule has 0 aliphatic carbocycles. The second-order valence-electron chi connectivity index (χ2n) is 5.31. The van der Waals surface area contributed by atoms with Gasteiger partial charge in [0.25, 0.3) is 5.69 Å². The summed E-state index contributed by atoms with van der Waals surface area (Å²) in [6, 6.07) is 14.9. The summed E-state index contributed by atoms with van der Waals surface area (Å²) in [4.78, 5) is 12.7. The van der Waals surface area contributed by atoms with Crippen LogP contribution in [-0.2, 0) is 0 Å². The number of rotatable bonds is 2. The summed E-state index contributed by atoms with van der Waals surface area (Å²) in [7, 11) is 1.97. The minimum absolute atomic E-state index is 0.0982. The van der Waals surface area contributed by atoms with Crippen molar-refractivity contribution in [2.24, 2.45) is 0 Å². The monoisotopic (exact) mass is 302 g/mol. The van der Waals surface area contributed by atoms with E-state index in [1.54, 1.807) is 12.1 Å². The van der Waals surface area contributed by atoms with Crippen molar-refractivity contribution in [2.45, 2.75) is 11.4 Å². The van der Waals surface area contributed by atoms with E-state index in [0.717, 1.165) is 23.2 Å². The van der Waals surface area contributed by atoms with Gasteiger partial charge in [-0.2, -0.15) is 0 Å². The van der Waals surface area contributed by atoms with Gasteiger partial charge in [0.15, 0.2) is 0 Å². The SMILES string of the molecule is CN1CC(c2cccc([N+](=O)[O-])c2)c2ccccc2C1Cl. The zero-order valence-corrected chi connectivity index (χ0v) is 12.3. The molecule has 1 heterocycles. The second kappa shape index (κ2) is 5.47. The number of nitro groups is 1. The molecule has 0 spiro atoms. The Bertz CT molecular complexity index is 689. The molecule has 2 aromatic rings. The normalized spacial score (nSPS) is 21.8. The largest absolute Gasteiger partial charge is 0.286 e. The highest BCUT2D eigenvalue weighted by molar-refractivity contribution is 6.20. The summed E-state index contributed by atoms with van der Waals surface area (Å²) >= 11 is 6.45. The van der Waals surface area contributed by atoms with Crippen molar-refractivity contribution in [2.75, 3.05) is 13.6 Å². The van der Waals surface area contributed by atoms with Crippen molar-refractivity contribution < 1.29 is 4.92 Å². The molecule has 1 aliphatic heterocycles. The van der Waals surface area contributed by atoms with Crippen molar-refractivity contribution in [3.63, 3.8) is 0 Å². The number of nitrogens with zero attached hydrogens (tertiary/aromatic N) is 2. The smallest absolute Gasteiger partial charge is 0.269 e. The van der Waals surface area contributed by atoms with E-state index in [2.05, 4.69) is 11.0 Å². The van der Waals surface area contributed by atoms with E-state index in [1.807, 2.05) is 31.3 Å². The first-order valence-corrected chi connectivity index (χ1v) is 7.19. The standard InChI is InChI=1S/C16H15ClN2O2/c1-18-10-15(11-5-4-6-12(9-11)19(20)21)13-7-2-3-8-14(13)16(18)17/h2-9,15-16H,10H2,1H3. The van der Waals surface area contributed by atoms with Crippen LogP contribution >= 0.6 is 11.6 Å². The molecule has 2 atom stereocenters. The number of hydrogen-bond acceptors (Lipinski definition) is 3. The fourth-order valence-electron chi connectivity index (χ4n) is 2.90. The Labute approximate surface area is 128 Å². The van der Waals surface area contributed by atoms with Gasteiger partial charge in [0.05, 0.1) is 4.92 Å². The van der Waals surface area contributed by atoms with E-state index >= 15 is 0 Å². The van der Waals surface area contributed by atoms with Crippen LogP contribution in [0.15, 0.2) is 48.5 Å². The highest BCUT2D eigenvalue weighted by Crippen LogP contribution is 2.40. The minimum atomic E-state index is -0.355. The highest BCUT2D eigenvalue weighted by Gasteiger charge is 2.30. The number of nitro benzene ring substituents is 1. The van der Waals surface area contributed by atoms with Crippen LogP contribution in [-0.4, -0.2) is 23.4 Å². The fraction of sp³-hybridized carbons (Fsp3) is 0.250. The van der Waals surface area contributed by atoms with Crippen molar-refractivity contribution in [3.8, 4) is 0 Å². The van der Waals surface area contributed by atoms with E-state index < -0.39 is 0 Å². The Morgan fingerprint density at radius 2 is 1.90 bits per heavy atom. The van der Waals surface area contributed by atoms with Gasteiger partial charge in [0.1, 0.15) is 5.50 Å². The molecule has 0 bridgehead atoms. The number of halogens is 1.